The monoisotopic (exact) mass is 367 g/mol. The molecule has 3 aromatic rings. The van der Waals surface area contributed by atoms with Gasteiger partial charge in [-0.15, -0.1) is 22.7 Å². The number of benzene rings is 1. The molecule has 0 aliphatic rings. The lowest BCUT2D eigenvalue weighted by Crippen LogP contribution is -2.14. The Morgan fingerprint density at radius 1 is 1.28 bits per heavy atom. The lowest BCUT2D eigenvalue weighted by atomic mass is 10.2. The number of thiazole rings is 1. The van der Waals surface area contributed by atoms with Gasteiger partial charge in [0, 0.05) is 16.7 Å². The summed E-state index contributed by atoms with van der Waals surface area (Å²) in [5, 5.41) is 15.7. The van der Waals surface area contributed by atoms with E-state index >= 15 is 0 Å². The minimum Gasteiger partial charge on any atom is -0.316 e. The molecule has 1 aromatic carbocycles. The summed E-state index contributed by atoms with van der Waals surface area (Å²) in [4.78, 5) is 17.9. The van der Waals surface area contributed by atoms with Crippen LogP contribution in [0.25, 0.3) is 0 Å². The molecule has 1 amide bonds. The first kappa shape index (κ1) is 17.3. The van der Waals surface area contributed by atoms with Crippen molar-refractivity contribution in [2.24, 2.45) is 0 Å². The largest absolute Gasteiger partial charge is 0.316 e. The van der Waals surface area contributed by atoms with Gasteiger partial charge in [-0.3, -0.25) is 4.79 Å². The third-order valence-electron chi connectivity index (χ3n) is 3.89. The van der Waals surface area contributed by atoms with Crippen LogP contribution in [0.5, 0.6) is 0 Å². The third kappa shape index (κ3) is 4.13. The molecule has 2 heterocycles. The number of anilines is 1. The second-order valence-corrected chi connectivity index (χ2v) is 7.89. The number of thiophene rings is 1. The minimum absolute atomic E-state index is 0.144. The van der Waals surface area contributed by atoms with E-state index in [0.717, 1.165) is 27.6 Å². The van der Waals surface area contributed by atoms with Crippen molar-refractivity contribution in [1.29, 1.82) is 5.26 Å². The number of aryl methyl sites for hydroxylation is 1. The molecule has 126 valence electrons. The van der Waals surface area contributed by atoms with Gasteiger partial charge in [0.1, 0.15) is 11.1 Å². The molecule has 0 saturated carbocycles. The number of hydrogen-bond donors (Lipinski definition) is 1. The molecule has 0 spiro atoms. The molecule has 0 aliphatic heterocycles. The Bertz CT molecular complexity index is 935. The zero-order valence-electron chi connectivity index (χ0n) is 14.0. The zero-order chi connectivity index (χ0) is 17.8. The van der Waals surface area contributed by atoms with Crippen LogP contribution in [0.4, 0.5) is 5.00 Å². The van der Waals surface area contributed by atoms with Crippen LogP contribution in [0.1, 0.15) is 32.3 Å². The summed E-state index contributed by atoms with van der Waals surface area (Å²) >= 11 is 3.01. The van der Waals surface area contributed by atoms with E-state index in [1.165, 1.54) is 16.9 Å². The standard InChI is InChI=1S/C19H17N3OS2/c1-12-13(2)25-19(16(12)10-20)22-17(23)9-15-11-24-18(21-15)8-14-6-4-3-5-7-14/h3-7,11H,8-9H2,1-2H3,(H,22,23). The number of nitriles is 1. The van der Waals surface area contributed by atoms with Crippen molar-refractivity contribution in [3.8, 4) is 6.07 Å². The second kappa shape index (κ2) is 7.60. The van der Waals surface area contributed by atoms with Gasteiger partial charge in [0.2, 0.25) is 5.91 Å². The molecule has 0 saturated heterocycles. The number of amides is 1. The molecule has 1 N–H and O–H groups in total. The van der Waals surface area contributed by atoms with E-state index in [1.54, 1.807) is 11.3 Å². The molecular formula is C19H17N3OS2. The van der Waals surface area contributed by atoms with Gasteiger partial charge in [-0.25, -0.2) is 4.98 Å². The van der Waals surface area contributed by atoms with Crippen LogP contribution in [-0.4, -0.2) is 10.9 Å². The normalized spacial score (nSPS) is 10.4. The highest BCUT2D eigenvalue weighted by Gasteiger charge is 2.15. The van der Waals surface area contributed by atoms with Crippen LogP contribution in [0, 0.1) is 25.2 Å². The van der Waals surface area contributed by atoms with E-state index in [-0.39, 0.29) is 12.3 Å². The highest BCUT2D eigenvalue weighted by atomic mass is 32.1. The summed E-state index contributed by atoms with van der Waals surface area (Å²) in [6.07, 6.45) is 0.987. The van der Waals surface area contributed by atoms with Gasteiger partial charge in [-0.2, -0.15) is 5.26 Å². The number of carbonyl (C=O) groups is 1. The predicted octanol–water partition coefficient (Wildman–Crippen LogP) is 4.47. The highest BCUT2D eigenvalue weighted by Crippen LogP contribution is 2.31. The fourth-order valence-electron chi connectivity index (χ4n) is 2.47. The van der Waals surface area contributed by atoms with Crippen molar-refractivity contribution < 1.29 is 4.79 Å². The maximum absolute atomic E-state index is 12.3. The van der Waals surface area contributed by atoms with Crippen molar-refractivity contribution in [2.45, 2.75) is 26.7 Å². The van der Waals surface area contributed by atoms with Gasteiger partial charge >= 0.3 is 0 Å². The van der Waals surface area contributed by atoms with Crippen LogP contribution in [-0.2, 0) is 17.6 Å². The first-order valence-electron chi connectivity index (χ1n) is 7.84. The van der Waals surface area contributed by atoms with Crippen LogP contribution in [0.3, 0.4) is 0 Å². The van der Waals surface area contributed by atoms with E-state index in [1.807, 2.05) is 37.4 Å². The molecule has 4 nitrogen and oxygen atoms in total. The topological polar surface area (TPSA) is 65.8 Å². The van der Waals surface area contributed by atoms with Crippen LogP contribution < -0.4 is 5.32 Å². The molecule has 0 bridgehead atoms. The lowest BCUT2D eigenvalue weighted by Gasteiger charge is -2.02. The van der Waals surface area contributed by atoms with Gasteiger partial charge < -0.3 is 5.32 Å². The number of carbonyl (C=O) groups excluding carboxylic acids is 1. The molecule has 0 aliphatic carbocycles. The van der Waals surface area contributed by atoms with Gasteiger partial charge in [0.15, 0.2) is 0 Å². The maximum atomic E-state index is 12.3. The predicted molar refractivity (Wildman–Crippen MR) is 102 cm³/mol. The first-order valence-corrected chi connectivity index (χ1v) is 9.53. The van der Waals surface area contributed by atoms with Crippen molar-refractivity contribution in [3.05, 3.63) is 68.0 Å². The first-order chi connectivity index (χ1) is 12.1. The number of hydrogen-bond acceptors (Lipinski definition) is 5. The molecule has 6 heteroatoms. The Labute approximate surface area is 154 Å². The lowest BCUT2D eigenvalue weighted by molar-refractivity contribution is -0.115. The van der Waals surface area contributed by atoms with Crippen molar-refractivity contribution >= 4 is 33.6 Å². The number of nitrogens with zero attached hydrogens (tertiary/aromatic N) is 2. The van der Waals surface area contributed by atoms with Gasteiger partial charge in [-0.1, -0.05) is 30.3 Å². The Balaban J connectivity index is 1.64. The van der Waals surface area contributed by atoms with Crippen molar-refractivity contribution in [1.82, 2.24) is 4.98 Å². The third-order valence-corrected chi connectivity index (χ3v) is 5.91. The molecule has 3 rings (SSSR count). The Morgan fingerprint density at radius 2 is 2.04 bits per heavy atom. The highest BCUT2D eigenvalue weighted by molar-refractivity contribution is 7.16. The fourth-order valence-corrected chi connectivity index (χ4v) is 4.32. The van der Waals surface area contributed by atoms with Gasteiger partial charge in [0.25, 0.3) is 0 Å². The molecule has 0 unspecified atom stereocenters. The second-order valence-electron chi connectivity index (χ2n) is 5.72. The maximum Gasteiger partial charge on any atom is 0.231 e. The van der Waals surface area contributed by atoms with E-state index in [9.17, 15) is 10.1 Å². The van der Waals surface area contributed by atoms with Crippen molar-refractivity contribution in [2.75, 3.05) is 5.32 Å². The SMILES string of the molecule is Cc1sc(NC(=O)Cc2csc(Cc3ccccc3)n2)c(C#N)c1C. The average Bonchev–Trinajstić information content (AvgIpc) is 3.13. The number of rotatable bonds is 5. The summed E-state index contributed by atoms with van der Waals surface area (Å²) in [6, 6.07) is 12.3. The zero-order valence-corrected chi connectivity index (χ0v) is 15.6. The molecule has 2 aromatic heterocycles. The Hall–Kier alpha value is -2.49. The average molecular weight is 367 g/mol. The summed E-state index contributed by atoms with van der Waals surface area (Å²) in [7, 11) is 0. The van der Waals surface area contributed by atoms with E-state index in [4.69, 9.17) is 0 Å². The summed E-state index contributed by atoms with van der Waals surface area (Å²) in [5.74, 6) is -0.144. The molecule has 0 radical (unpaired) electrons. The Morgan fingerprint density at radius 3 is 2.76 bits per heavy atom. The van der Waals surface area contributed by atoms with Crippen LogP contribution >= 0.6 is 22.7 Å². The quantitative estimate of drug-likeness (QED) is 0.724. The van der Waals surface area contributed by atoms with Crippen LogP contribution in [0.2, 0.25) is 0 Å². The summed E-state index contributed by atoms with van der Waals surface area (Å²) in [5.41, 5.74) is 3.45. The minimum atomic E-state index is -0.144. The Kier molecular flexibility index (Phi) is 5.27. The van der Waals surface area contributed by atoms with E-state index < -0.39 is 0 Å². The summed E-state index contributed by atoms with van der Waals surface area (Å²) < 4.78 is 0. The smallest absolute Gasteiger partial charge is 0.231 e. The molecular weight excluding hydrogens is 350 g/mol. The fraction of sp³-hybridized carbons (Fsp3) is 0.211. The van der Waals surface area contributed by atoms with E-state index in [0.29, 0.717) is 10.6 Å². The van der Waals surface area contributed by atoms with Gasteiger partial charge in [0.05, 0.1) is 22.7 Å². The molecule has 25 heavy (non-hydrogen) atoms. The van der Waals surface area contributed by atoms with Gasteiger partial charge in [-0.05, 0) is 25.0 Å². The molecule has 0 fully saturated rings. The number of aromatic nitrogens is 1. The van der Waals surface area contributed by atoms with Crippen LogP contribution in [0.15, 0.2) is 35.7 Å². The summed E-state index contributed by atoms with van der Waals surface area (Å²) in [6.45, 7) is 3.85. The number of nitrogens with one attached hydrogen (secondary N) is 1. The molecule has 0 atom stereocenters. The van der Waals surface area contributed by atoms with E-state index in [2.05, 4.69) is 28.5 Å². The van der Waals surface area contributed by atoms with Crippen molar-refractivity contribution in [3.63, 3.8) is 0 Å².